The van der Waals surface area contributed by atoms with Gasteiger partial charge in [0.05, 0.1) is 11.8 Å². The standard InChI is InChI=1S/C12H11BrN2O3/c1-12(2)16-9-3-6(7-5-15-18-11(7)14)8(13)4-10(9)17-12/h3-5H,14H2,1-2H3. The van der Waals surface area contributed by atoms with Crippen LogP contribution in [0.1, 0.15) is 13.8 Å². The first-order chi connectivity index (χ1) is 8.46. The van der Waals surface area contributed by atoms with E-state index in [1.165, 1.54) is 0 Å². The molecular weight excluding hydrogens is 300 g/mol. The fourth-order valence-electron chi connectivity index (χ4n) is 1.90. The number of nitrogens with zero attached hydrogens (tertiary/aromatic N) is 1. The third kappa shape index (κ3) is 1.73. The lowest BCUT2D eigenvalue weighted by atomic mass is 10.1. The molecule has 2 N–H and O–H groups in total. The van der Waals surface area contributed by atoms with Crippen molar-refractivity contribution < 1.29 is 14.0 Å². The van der Waals surface area contributed by atoms with Gasteiger partial charge < -0.3 is 19.7 Å². The summed E-state index contributed by atoms with van der Waals surface area (Å²) in [6.07, 6.45) is 1.57. The predicted molar refractivity (Wildman–Crippen MR) is 69.4 cm³/mol. The van der Waals surface area contributed by atoms with Crippen LogP contribution in [0.2, 0.25) is 0 Å². The van der Waals surface area contributed by atoms with Crippen LogP contribution in [0, 0.1) is 0 Å². The molecule has 0 saturated carbocycles. The van der Waals surface area contributed by atoms with Crippen molar-refractivity contribution in [1.29, 1.82) is 0 Å². The molecule has 6 heteroatoms. The van der Waals surface area contributed by atoms with E-state index in [-0.39, 0.29) is 5.88 Å². The fraction of sp³-hybridized carbons (Fsp3) is 0.250. The molecule has 1 aliphatic heterocycles. The zero-order valence-corrected chi connectivity index (χ0v) is 11.4. The summed E-state index contributed by atoms with van der Waals surface area (Å²) in [5.74, 6) is 0.999. The van der Waals surface area contributed by atoms with Crippen molar-refractivity contribution in [1.82, 2.24) is 5.16 Å². The highest BCUT2D eigenvalue weighted by atomic mass is 79.9. The number of benzene rings is 1. The topological polar surface area (TPSA) is 70.5 Å². The van der Waals surface area contributed by atoms with Crippen molar-refractivity contribution in [2.24, 2.45) is 0 Å². The number of hydrogen-bond donors (Lipinski definition) is 1. The largest absolute Gasteiger partial charge is 0.449 e. The van der Waals surface area contributed by atoms with Gasteiger partial charge in [-0.3, -0.25) is 0 Å². The molecule has 5 nitrogen and oxygen atoms in total. The minimum Gasteiger partial charge on any atom is -0.449 e. The number of hydrogen-bond acceptors (Lipinski definition) is 5. The van der Waals surface area contributed by atoms with Gasteiger partial charge in [0.2, 0.25) is 11.7 Å². The van der Waals surface area contributed by atoms with Gasteiger partial charge in [0.15, 0.2) is 11.5 Å². The lowest BCUT2D eigenvalue weighted by molar-refractivity contribution is -0.0431. The zero-order valence-electron chi connectivity index (χ0n) is 9.86. The molecular formula is C12H11BrN2O3. The summed E-state index contributed by atoms with van der Waals surface area (Å²) in [4.78, 5) is 0. The smallest absolute Gasteiger partial charge is 0.246 e. The summed E-state index contributed by atoms with van der Waals surface area (Å²) in [5.41, 5.74) is 7.29. The normalized spacial score (nSPS) is 15.9. The van der Waals surface area contributed by atoms with Crippen molar-refractivity contribution >= 4 is 21.8 Å². The SMILES string of the molecule is CC1(C)Oc2cc(Br)c(-c3cnoc3N)cc2O1. The molecule has 0 bridgehead atoms. The van der Waals surface area contributed by atoms with Crippen LogP contribution in [-0.2, 0) is 0 Å². The summed E-state index contributed by atoms with van der Waals surface area (Å²) in [6, 6.07) is 3.71. The minimum atomic E-state index is -0.652. The van der Waals surface area contributed by atoms with Crippen molar-refractivity contribution in [2.75, 3.05) is 5.73 Å². The average molecular weight is 311 g/mol. The van der Waals surface area contributed by atoms with Crippen molar-refractivity contribution in [3.05, 3.63) is 22.8 Å². The number of aromatic nitrogens is 1. The Balaban J connectivity index is 2.13. The van der Waals surface area contributed by atoms with Gasteiger partial charge >= 0.3 is 0 Å². The van der Waals surface area contributed by atoms with Gasteiger partial charge in [-0.25, -0.2) is 0 Å². The summed E-state index contributed by atoms with van der Waals surface area (Å²) in [7, 11) is 0. The van der Waals surface area contributed by atoms with Crippen LogP contribution >= 0.6 is 15.9 Å². The Labute approximate surface area is 112 Å². The van der Waals surface area contributed by atoms with E-state index >= 15 is 0 Å². The van der Waals surface area contributed by atoms with E-state index in [4.69, 9.17) is 19.7 Å². The van der Waals surface area contributed by atoms with E-state index in [0.29, 0.717) is 11.5 Å². The molecule has 0 unspecified atom stereocenters. The molecule has 0 amide bonds. The van der Waals surface area contributed by atoms with Gasteiger partial charge in [-0.2, -0.15) is 0 Å². The second kappa shape index (κ2) is 3.65. The first-order valence-corrected chi connectivity index (χ1v) is 6.18. The Morgan fingerprint density at radius 1 is 1.17 bits per heavy atom. The number of fused-ring (bicyclic) bond motifs is 1. The van der Waals surface area contributed by atoms with E-state index in [9.17, 15) is 0 Å². The van der Waals surface area contributed by atoms with E-state index in [2.05, 4.69) is 21.1 Å². The van der Waals surface area contributed by atoms with Crippen molar-refractivity contribution in [2.45, 2.75) is 19.6 Å². The van der Waals surface area contributed by atoms with Gasteiger partial charge in [-0.15, -0.1) is 0 Å². The predicted octanol–water partition coefficient (Wildman–Crippen LogP) is 3.19. The quantitative estimate of drug-likeness (QED) is 0.876. The van der Waals surface area contributed by atoms with Crippen LogP contribution in [0.3, 0.4) is 0 Å². The Hall–Kier alpha value is -1.69. The molecule has 1 aromatic heterocycles. The van der Waals surface area contributed by atoms with Gasteiger partial charge in [0.1, 0.15) is 0 Å². The van der Waals surface area contributed by atoms with Crippen molar-refractivity contribution in [3.8, 4) is 22.6 Å². The highest BCUT2D eigenvalue weighted by Gasteiger charge is 2.32. The molecule has 0 atom stereocenters. The lowest BCUT2D eigenvalue weighted by Gasteiger charge is -2.16. The molecule has 1 aliphatic rings. The van der Waals surface area contributed by atoms with Crippen LogP contribution in [-0.4, -0.2) is 10.9 Å². The Bertz CT molecular complexity index is 622. The molecule has 0 radical (unpaired) electrons. The third-order valence-corrected chi connectivity index (χ3v) is 3.29. The molecule has 0 saturated heterocycles. The van der Waals surface area contributed by atoms with Gasteiger partial charge in [-0.1, -0.05) is 21.1 Å². The molecule has 3 rings (SSSR count). The molecule has 0 aliphatic carbocycles. The van der Waals surface area contributed by atoms with Crippen molar-refractivity contribution in [3.63, 3.8) is 0 Å². The van der Waals surface area contributed by atoms with Crippen LogP contribution < -0.4 is 15.2 Å². The Kier molecular flexibility index (Phi) is 2.31. The van der Waals surface area contributed by atoms with E-state index in [0.717, 1.165) is 15.6 Å². The van der Waals surface area contributed by atoms with E-state index in [1.54, 1.807) is 6.20 Å². The van der Waals surface area contributed by atoms with Crippen LogP contribution in [0.15, 0.2) is 27.3 Å². The highest BCUT2D eigenvalue weighted by Crippen LogP contribution is 2.45. The third-order valence-electron chi connectivity index (χ3n) is 2.63. The summed E-state index contributed by atoms with van der Waals surface area (Å²) < 4.78 is 17.1. The number of ether oxygens (including phenoxy) is 2. The number of halogens is 1. The fourth-order valence-corrected chi connectivity index (χ4v) is 2.44. The summed E-state index contributed by atoms with van der Waals surface area (Å²) >= 11 is 3.48. The number of anilines is 1. The molecule has 0 fully saturated rings. The second-order valence-corrected chi connectivity index (χ2v) is 5.34. The Morgan fingerprint density at radius 2 is 1.83 bits per heavy atom. The molecule has 18 heavy (non-hydrogen) atoms. The molecule has 2 heterocycles. The Morgan fingerprint density at radius 3 is 2.44 bits per heavy atom. The highest BCUT2D eigenvalue weighted by molar-refractivity contribution is 9.10. The monoisotopic (exact) mass is 310 g/mol. The first kappa shape index (κ1) is 11.4. The van der Waals surface area contributed by atoms with E-state index < -0.39 is 5.79 Å². The first-order valence-electron chi connectivity index (χ1n) is 5.38. The van der Waals surface area contributed by atoms with Crippen LogP contribution in [0.4, 0.5) is 5.88 Å². The summed E-state index contributed by atoms with van der Waals surface area (Å²) in [6.45, 7) is 3.71. The van der Waals surface area contributed by atoms with Gasteiger partial charge in [0, 0.05) is 23.9 Å². The maximum atomic E-state index is 5.72. The maximum Gasteiger partial charge on any atom is 0.246 e. The molecule has 94 valence electrons. The number of rotatable bonds is 1. The summed E-state index contributed by atoms with van der Waals surface area (Å²) in [5, 5.41) is 3.67. The molecule has 2 aromatic rings. The number of nitrogen functional groups attached to an aromatic ring is 1. The lowest BCUT2D eigenvalue weighted by Crippen LogP contribution is -2.29. The van der Waals surface area contributed by atoms with E-state index in [1.807, 2.05) is 26.0 Å². The maximum absolute atomic E-state index is 5.72. The van der Waals surface area contributed by atoms with Gasteiger partial charge in [-0.05, 0) is 12.1 Å². The zero-order chi connectivity index (χ0) is 12.9. The second-order valence-electron chi connectivity index (χ2n) is 4.49. The number of nitrogens with two attached hydrogens (primary N) is 1. The van der Waals surface area contributed by atoms with Crippen LogP contribution in [0.5, 0.6) is 11.5 Å². The van der Waals surface area contributed by atoms with Crippen LogP contribution in [0.25, 0.3) is 11.1 Å². The average Bonchev–Trinajstić information content (AvgIpc) is 2.79. The minimum absolute atomic E-state index is 0.272. The molecule has 1 aromatic carbocycles. The van der Waals surface area contributed by atoms with Gasteiger partial charge in [0.25, 0.3) is 0 Å². The molecule has 0 spiro atoms.